The fraction of sp³-hybridized carbons (Fsp3) is 0.941. The maximum absolute atomic E-state index is 12.1. The second-order valence-electron chi connectivity index (χ2n) is 6.51. The molecule has 0 aromatic rings. The van der Waals surface area contributed by atoms with Gasteiger partial charge in [0.15, 0.2) is 0 Å². The van der Waals surface area contributed by atoms with Crippen molar-refractivity contribution >= 4 is 5.78 Å². The lowest BCUT2D eigenvalue weighted by atomic mass is 9.79. The van der Waals surface area contributed by atoms with Crippen LogP contribution >= 0.6 is 0 Å². The highest BCUT2D eigenvalue weighted by atomic mass is 16.1. The van der Waals surface area contributed by atoms with Crippen molar-refractivity contribution in [2.75, 3.05) is 13.1 Å². The van der Waals surface area contributed by atoms with Crippen LogP contribution in [0.4, 0.5) is 0 Å². The summed E-state index contributed by atoms with van der Waals surface area (Å²) in [6, 6.07) is 0.562. The predicted octanol–water partition coefficient (Wildman–Crippen LogP) is 4.28. The van der Waals surface area contributed by atoms with Gasteiger partial charge in [0, 0.05) is 24.9 Å². The molecule has 19 heavy (non-hydrogen) atoms. The molecule has 2 heteroatoms. The highest BCUT2D eigenvalue weighted by Gasteiger charge is 2.29. The molecule has 0 aromatic heterocycles. The summed E-state index contributed by atoms with van der Waals surface area (Å²) in [4.78, 5) is 14.6. The minimum atomic E-state index is 0.308. The summed E-state index contributed by atoms with van der Waals surface area (Å²) < 4.78 is 0. The van der Waals surface area contributed by atoms with Crippen LogP contribution in [0.25, 0.3) is 0 Å². The van der Waals surface area contributed by atoms with Crippen molar-refractivity contribution in [1.82, 2.24) is 4.90 Å². The van der Waals surface area contributed by atoms with Crippen molar-refractivity contribution < 1.29 is 4.79 Å². The molecule has 1 aliphatic carbocycles. The van der Waals surface area contributed by atoms with Crippen LogP contribution in [-0.2, 0) is 4.79 Å². The number of unbranched alkanes of at least 4 members (excludes halogenated alkanes) is 2. The number of hydrogen-bond donors (Lipinski definition) is 0. The monoisotopic (exact) mass is 267 g/mol. The summed E-state index contributed by atoms with van der Waals surface area (Å²) in [5.41, 5.74) is 0. The number of carbonyl (C=O) groups is 1. The third kappa shape index (κ3) is 5.64. The van der Waals surface area contributed by atoms with E-state index < -0.39 is 0 Å². The van der Waals surface area contributed by atoms with Crippen LogP contribution in [0.2, 0.25) is 0 Å². The molecule has 2 unspecified atom stereocenters. The smallest absolute Gasteiger partial charge is 0.137 e. The van der Waals surface area contributed by atoms with Crippen molar-refractivity contribution in [3.05, 3.63) is 0 Å². The minimum Gasteiger partial charge on any atom is -0.300 e. The van der Waals surface area contributed by atoms with E-state index in [4.69, 9.17) is 0 Å². The zero-order valence-electron chi connectivity index (χ0n) is 13.5. The van der Waals surface area contributed by atoms with Gasteiger partial charge in [-0.1, -0.05) is 33.1 Å². The number of hydrogen-bond acceptors (Lipinski definition) is 2. The summed E-state index contributed by atoms with van der Waals surface area (Å²) in [6.07, 6.45) is 8.17. The molecule has 1 fully saturated rings. The quantitative estimate of drug-likeness (QED) is 0.612. The molecule has 1 saturated carbocycles. The first-order valence-electron chi connectivity index (χ1n) is 8.35. The Morgan fingerprint density at radius 3 is 2.58 bits per heavy atom. The van der Waals surface area contributed by atoms with Crippen LogP contribution in [0, 0.1) is 11.8 Å². The SMILES string of the molecule is CCCCCN(CC1CC(CC)CCC1=O)C(C)C. The molecule has 0 spiro atoms. The fourth-order valence-corrected chi connectivity index (χ4v) is 3.16. The first kappa shape index (κ1) is 16.7. The number of rotatable bonds is 8. The van der Waals surface area contributed by atoms with Gasteiger partial charge in [0.25, 0.3) is 0 Å². The zero-order chi connectivity index (χ0) is 14.3. The molecule has 112 valence electrons. The van der Waals surface area contributed by atoms with Gasteiger partial charge in [-0.25, -0.2) is 0 Å². The van der Waals surface area contributed by atoms with E-state index in [9.17, 15) is 4.79 Å². The van der Waals surface area contributed by atoms with Gasteiger partial charge in [-0.05, 0) is 45.6 Å². The molecule has 0 N–H and O–H groups in total. The molecule has 2 atom stereocenters. The van der Waals surface area contributed by atoms with Gasteiger partial charge >= 0.3 is 0 Å². The normalized spacial score (nSPS) is 24.4. The van der Waals surface area contributed by atoms with Crippen LogP contribution in [0.1, 0.15) is 72.6 Å². The minimum absolute atomic E-state index is 0.308. The van der Waals surface area contributed by atoms with Crippen LogP contribution in [0.5, 0.6) is 0 Å². The van der Waals surface area contributed by atoms with E-state index in [0.717, 1.165) is 38.3 Å². The summed E-state index contributed by atoms with van der Waals surface area (Å²) in [7, 11) is 0. The lowest BCUT2D eigenvalue weighted by Gasteiger charge is -2.34. The number of carbonyl (C=O) groups excluding carboxylic acids is 1. The largest absolute Gasteiger partial charge is 0.300 e. The van der Waals surface area contributed by atoms with Gasteiger partial charge in [-0.3, -0.25) is 4.79 Å². The Kier molecular flexibility index (Phi) is 7.67. The standard InChI is InChI=1S/C17H33NO/c1-5-7-8-11-18(14(3)4)13-16-12-15(6-2)9-10-17(16)19/h14-16H,5-13H2,1-4H3. The van der Waals surface area contributed by atoms with Gasteiger partial charge in [0.1, 0.15) is 5.78 Å². The van der Waals surface area contributed by atoms with Crippen LogP contribution in [0.15, 0.2) is 0 Å². The molecule has 0 amide bonds. The molecule has 0 radical (unpaired) electrons. The number of nitrogens with zero attached hydrogens (tertiary/aromatic N) is 1. The molecule has 2 nitrogen and oxygen atoms in total. The molecule has 1 aliphatic rings. The highest BCUT2D eigenvalue weighted by Crippen LogP contribution is 2.29. The Hall–Kier alpha value is -0.370. The highest BCUT2D eigenvalue weighted by molar-refractivity contribution is 5.81. The van der Waals surface area contributed by atoms with Gasteiger partial charge < -0.3 is 4.90 Å². The molecule has 0 saturated heterocycles. The third-order valence-corrected chi connectivity index (χ3v) is 4.68. The lowest BCUT2D eigenvalue weighted by Crippen LogP contribution is -2.40. The van der Waals surface area contributed by atoms with Gasteiger partial charge in [-0.15, -0.1) is 0 Å². The van der Waals surface area contributed by atoms with E-state index >= 15 is 0 Å². The van der Waals surface area contributed by atoms with Gasteiger partial charge in [-0.2, -0.15) is 0 Å². The van der Waals surface area contributed by atoms with E-state index in [2.05, 4.69) is 32.6 Å². The van der Waals surface area contributed by atoms with E-state index in [0.29, 0.717) is 17.7 Å². The molecular weight excluding hydrogens is 234 g/mol. The molecule has 0 heterocycles. The summed E-state index contributed by atoms with van der Waals surface area (Å²) in [6.45, 7) is 11.2. The average Bonchev–Trinajstić information content (AvgIpc) is 2.39. The third-order valence-electron chi connectivity index (χ3n) is 4.68. The maximum Gasteiger partial charge on any atom is 0.137 e. The van der Waals surface area contributed by atoms with E-state index in [1.54, 1.807) is 0 Å². The van der Waals surface area contributed by atoms with Gasteiger partial charge in [0.05, 0.1) is 0 Å². The Morgan fingerprint density at radius 2 is 2.00 bits per heavy atom. The number of Topliss-reactive ketones (excluding diaryl/α,β-unsaturated/α-hetero) is 1. The van der Waals surface area contributed by atoms with Crippen molar-refractivity contribution in [2.45, 2.75) is 78.7 Å². The van der Waals surface area contributed by atoms with Crippen LogP contribution < -0.4 is 0 Å². The fourth-order valence-electron chi connectivity index (χ4n) is 3.16. The van der Waals surface area contributed by atoms with Crippen molar-refractivity contribution in [3.8, 4) is 0 Å². The van der Waals surface area contributed by atoms with Crippen molar-refractivity contribution in [3.63, 3.8) is 0 Å². The molecule has 0 aliphatic heterocycles. The topological polar surface area (TPSA) is 20.3 Å². The van der Waals surface area contributed by atoms with Crippen LogP contribution in [-0.4, -0.2) is 29.8 Å². The zero-order valence-corrected chi connectivity index (χ0v) is 13.5. The first-order valence-corrected chi connectivity index (χ1v) is 8.35. The predicted molar refractivity (Wildman–Crippen MR) is 82.4 cm³/mol. The first-order chi connectivity index (χ1) is 9.08. The van der Waals surface area contributed by atoms with Crippen LogP contribution in [0.3, 0.4) is 0 Å². The Morgan fingerprint density at radius 1 is 1.26 bits per heavy atom. The Balaban J connectivity index is 2.48. The van der Waals surface area contributed by atoms with Gasteiger partial charge in [0.2, 0.25) is 0 Å². The summed E-state index contributed by atoms with van der Waals surface area (Å²) in [5, 5.41) is 0. The summed E-state index contributed by atoms with van der Waals surface area (Å²) >= 11 is 0. The molecule has 1 rings (SSSR count). The van der Waals surface area contributed by atoms with E-state index in [1.165, 1.54) is 25.7 Å². The second-order valence-corrected chi connectivity index (χ2v) is 6.51. The van der Waals surface area contributed by atoms with E-state index in [1.807, 2.05) is 0 Å². The number of ketones is 1. The Labute approximate surface area is 119 Å². The molecule has 0 aromatic carbocycles. The second kappa shape index (κ2) is 8.73. The lowest BCUT2D eigenvalue weighted by molar-refractivity contribution is -0.126. The molecule has 0 bridgehead atoms. The average molecular weight is 267 g/mol. The van der Waals surface area contributed by atoms with E-state index in [-0.39, 0.29) is 0 Å². The van der Waals surface area contributed by atoms with Crippen molar-refractivity contribution in [2.24, 2.45) is 11.8 Å². The molecular formula is C17H33NO. The maximum atomic E-state index is 12.1. The van der Waals surface area contributed by atoms with Crippen molar-refractivity contribution in [1.29, 1.82) is 0 Å². The Bertz CT molecular complexity index is 262. The summed E-state index contributed by atoms with van der Waals surface area (Å²) in [5.74, 6) is 1.61.